The third-order valence-corrected chi connectivity index (χ3v) is 6.36. The number of carbonyl (C=O) groups is 1. The summed E-state index contributed by atoms with van der Waals surface area (Å²) in [5.74, 6) is -0.209. The van der Waals surface area contributed by atoms with Crippen molar-refractivity contribution in [1.29, 1.82) is 0 Å². The molecule has 23 heavy (non-hydrogen) atoms. The van der Waals surface area contributed by atoms with Crippen LogP contribution in [0, 0.1) is 0 Å². The monoisotopic (exact) mass is 372 g/mol. The summed E-state index contributed by atoms with van der Waals surface area (Å²) in [5, 5.41) is 2.86. The van der Waals surface area contributed by atoms with Crippen LogP contribution >= 0.6 is 22.9 Å². The van der Waals surface area contributed by atoms with Crippen molar-refractivity contribution in [1.82, 2.24) is 9.62 Å². The molecule has 2 rings (SSSR count). The molecule has 0 saturated heterocycles. The number of rotatable bonds is 5. The molecule has 1 heterocycles. The summed E-state index contributed by atoms with van der Waals surface area (Å²) in [6.45, 7) is 1.84. The van der Waals surface area contributed by atoms with E-state index in [0.717, 1.165) is 9.87 Å². The second-order valence-electron chi connectivity index (χ2n) is 5.16. The molecular weight excluding hydrogens is 356 g/mol. The predicted octanol–water partition coefficient (Wildman–Crippen LogP) is 3.14. The molecule has 5 nitrogen and oxygen atoms in total. The fraction of sp³-hybridized carbons (Fsp3) is 0.267. The first-order valence-electron chi connectivity index (χ1n) is 6.80. The number of hydrogen-bond donors (Lipinski definition) is 1. The van der Waals surface area contributed by atoms with Crippen LogP contribution in [0.3, 0.4) is 0 Å². The fourth-order valence-corrected chi connectivity index (χ4v) is 3.77. The molecular formula is C15H17ClN2O3S2. The maximum absolute atomic E-state index is 12.1. The van der Waals surface area contributed by atoms with Crippen LogP contribution < -0.4 is 5.32 Å². The summed E-state index contributed by atoms with van der Waals surface area (Å²) in [5.41, 5.74) is 0.818. The molecule has 1 aromatic carbocycles. The van der Waals surface area contributed by atoms with Crippen molar-refractivity contribution in [2.24, 2.45) is 0 Å². The smallest absolute Gasteiger partial charge is 0.261 e. The topological polar surface area (TPSA) is 66.5 Å². The summed E-state index contributed by atoms with van der Waals surface area (Å²) in [6, 6.07) is 9.56. The highest BCUT2D eigenvalue weighted by Gasteiger charge is 2.18. The number of halogens is 1. The van der Waals surface area contributed by atoms with E-state index >= 15 is 0 Å². The molecule has 0 bridgehead atoms. The molecule has 2 aromatic rings. The van der Waals surface area contributed by atoms with Crippen LogP contribution in [0.4, 0.5) is 0 Å². The Balaban J connectivity index is 2.12. The van der Waals surface area contributed by atoms with Gasteiger partial charge in [0.2, 0.25) is 10.0 Å². The lowest BCUT2D eigenvalue weighted by molar-refractivity contribution is 0.0944. The summed E-state index contributed by atoms with van der Waals surface area (Å²) in [7, 11) is -0.481. The Morgan fingerprint density at radius 1 is 1.17 bits per heavy atom. The maximum atomic E-state index is 12.1. The highest BCUT2D eigenvalue weighted by Crippen LogP contribution is 2.23. The van der Waals surface area contributed by atoms with Crippen molar-refractivity contribution >= 4 is 38.9 Å². The second-order valence-corrected chi connectivity index (χ2v) is 9.02. The zero-order chi connectivity index (χ0) is 17.2. The minimum absolute atomic E-state index is 0.209. The van der Waals surface area contributed by atoms with Crippen molar-refractivity contribution in [3.05, 3.63) is 51.2 Å². The van der Waals surface area contributed by atoms with E-state index in [9.17, 15) is 13.2 Å². The van der Waals surface area contributed by atoms with Crippen LogP contribution in [0.25, 0.3) is 0 Å². The van der Waals surface area contributed by atoms with Gasteiger partial charge in [-0.3, -0.25) is 4.79 Å². The number of amides is 1. The molecule has 0 saturated carbocycles. The van der Waals surface area contributed by atoms with E-state index in [0.29, 0.717) is 9.21 Å². The minimum Gasteiger partial charge on any atom is -0.345 e. The van der Waals surface area contributed by atoms with Gasteiger partial charge >= 0.3 is 0 Å². The Bertz CT molecular complexity index is 798. The minimum atomic E-state index is -3.45. The standard InChI is InChI=1S/C15H17ClN2O3S2/c1-10(17-15(19)13-8-9-14(16)22-13)11-4-6-12(7-5-11)23(20,21)18(2)3/h4-10H,1-3H3,(H,17,19). The first kappa shape index (κ1) is 17.9. The molecule has 8 heteroatoms. The van der Waals surface area contributed by atoms with Crippen LogP contribution in [0.5, 0.6) is 0 Å². The molecule has 1 amide bonds. The highest BCUT2D eigenvalue weighted by atomic mass is 35.5. The van der Waals surface area contributed by atoms with Gasteiger partial charge in [0.1, 0.15) is 0 Å². The molecule has 0 spiro atoms. The Labute approximate surface area is 144 Å². The molecule has 1 N–H and O–H groups in total. The van der Waals surface area contributed by atoms with Gasteiger partial charge in [0.05, 0.1) is 20.2 Å². The van der Waals surface area contributed by atoms with Gasteiger partial charge in [-0.2, -0.15) is 0 Å². The van der Waals surface area contributed by atoms with E-state index in [4.69, 9.17) is 11.6 Å². The molecule has 0 aliphatic heterocycles. The number of carbonyl (C=O) groups excluding carboxylic acids is 1. The molecule has 1 aromatic heterocycles. The second kappa shape index (κ2) is 7.00. The number of nitrogens with one attached hydrogen (secondary N) is 1. The Morgan fingerprint density at radius 3 is 2.26 bits per heavy atom. The van der Waals surface area contributed by atoms with E-state index < -0.39 is 10.0 Å². The average molecular weight is 373 g/mol. The normalized spacial score (nSPS) is 13.1. The zero-order valence-electron chi connectivity index (χ0n) is 12.9. The summed E-state index contributed by atoms with van der Waals surface area (Å²) in [4.78, 5) is 12.8. The predicted molar refractivity (Wildman–Crippen MR) is 92.5 cm³/mol. The van der Waals surface area contributed by atoms with Crippen LogP contribution in [-0.2, 0) is 10.0 Å². The molecule has 0 radical (unpaired) electrons. The van der Waals surface area contributed by atoms with Crippen molar-refractivity contribution < 1.29 is 13.2 Å². The number of benzene rings is 1. The van der Waals surface area contributed by atoms with E-state index in [1.165, 1.54) is 37.6 Å². The van der Waals surface area contributed by atoms with E-state index in [1.807, 2.05) is 6.92 Å². The molecule has 0 fully saturated rings. The van der Waals surface area contributed by atoms with Crippen LogP contribution in [0.2, 0.25) is 4.34 Å². The van der Waals surface area contributed by atoms with Crippen LogP contribution in [-0.4, -0.2) is 32.7 Å². The van der Waals surface area contributed by atoms with E-state index in [-0.39, 0.29) is 16.8 Å². The van der Waals surface area contributed by atoms with Gasteiger partial charge < -0.3 is 5.32 Å². The number of nitrogens with zero attached hydrogens (tertiary/aromatic N) is 1. The van der Waals surface area contributed by atoms with Gasteiger partial charge in [0.15, 0.2) is 0 Å². The molecule has 0 aliphatic rings. The lowest BCUT2D eigenvalue weighted by Crippen LogP contribution is -2.26. The Kier molecular flexibility index (Phi) is 5.46. The summed E-state index contributed by atoms with van der Waals surface area (Å²) >= 11 is 7.03. The molecule has 124 valence electrons. The maximum Gasteiger partial charge on any atom is 0.261 e. The summed E-state index contributed by atoms with van der Waals surface area (Å²) in [6.07, 6.45) is 0. The zero-order valence-corrected chi connectivity index (χ0v) is 15.3. The van der Waals surface area contributed by atoms with Gasteiger partial charge in [0.25, 0.3) is 5.91 Å². The summed E-state index contributed by atoms with van der Waals surface area (Å²) < 4.78 is 25.8. The van der Waals surface area contributed by atoms with Gasteiger partial charge in [0, 0.05) is 14.1 Å². The van der Waals surface area contributed by atoms with E-state index in [1.54, 1.807) is 24.3 Å². The Hall–Kier alpha value is -1.41. The average Bonchev–Trinajstić information content (AvgIpc) is 2.94. The van der Waals surface area contributed by atoms with Crippen LogP contribution in [0.1, 0.15) is 28.2 Å². The number of hydrogen-bond acceptors (Lipinski definition) is 4. The van der Waals surface area contributed by atoms with Crippen molar-refractivity contribution in [2.75, 3.05) is 14.1 Å². The highest BCUT2D eigenvalue weighted by molar-refractivity contribution is 7.89. The van der Waals surface area contributed by atoms with Gasteiger partial charge in [-0.15, -0.1) is 11.3 Å². The van der Waals surface area contributed by atoms with Crippen molar-refractivity contribution in [3.63, 3.8) is 0 Å². The van der Waals surface area contributed by atoms with Gasteiger partial charge in [-0.05, 0) is 36.8 Å². The molecule has 0 aliphatic carbocycles. The number of thiophene rings is 1. The van der Waals surface area contributed by atoms with Gasteiger partial charge in [-0.25, -0.2) is 12.7 Å². The third kappa shape index (κ3) is 4.11. The van der Waals surface area contributed by atoms with Gasteiger partial charge in [-0.1, -0.05) is 23.7 Å². The fourth-order valence-electron chi connectivity index (χ4n) is 1.93. The first-order chi connectivity index (χ1) is 10.7. The largest absolute Gasteiger partial charge is 0.345 e. The molecule has 1 atom stereocenters. The van der Waals surface area contributed by atoms with Crippen LogP contribution in [0.15, 0.2) is 41.3 Å². The SMILES string of the molecule is CC(NC(=O)c1ccc(Cl)s1)c1ccc(S(=O)(=O)N(C)C)cc1. The lowest BCUT2D eigenvalue weighted by Gasteiger charge is -2.15. The first-order valence-corrected chi connectivity index (χ1v) is 9.44. The van der Waals surface area contributed by atoms with Crippen molar-refractivity contribution in [3.8, 4) is 0 Å². The number of sulfonamides is 1. The van der Waals surface area contributed by atoms with Crippen molar-refractivity contribution in [2.45, 2.75) is 17.9 Å². The quantitative estimate of drug-likeness (QED) is 0.876. The van der Waals surface area contributed by atoms with E-state index in [2.05, 4.69) is 5.32 Å². The molecule has 1 unspecified atom stereocenters. The Morgan fingerprint density at radius 2 is 1.78 bits per heavy atom. The third-order valence-electron chi connectivity index (χ3n) is 3.30. The lowest BCUT2D eigenvalue weighted by atomic mass is 10.1.